The summed E-state index contributed by atoms with van der Waals surface area (Å²) in [6.45, 7) is 4.27. The number of alkyl halides is 1. The Kier molecular flexibility index (Phi) is 4.50. The van der Waals surface area contributed by atoms with Crippen LogP contribution in [0.15, 0.2) is 0 Å². The van der Waals surface area contributed by atoms with Crippen molar-refractivity contribution < 1.29 is 4.79 Å². The van der Waals surface area contributed by atoms with E-state index in [2.05, 4.69) is 5.32 Å². The van der Waals surface area contributed by atoms with Crippen molar-refractivity contribution >= 4 is 17.5 Å². The van der Waals surface area contributed by atoms with Gasteiger partial charge in [0.2, 0.25) is 5.91 Å². The molecule has 0 aromatic carbocycles. The fraction of sp³-hybridized carbons (Fsp3) is 0.833. The number of carbonyl (C=O) groups is 1. The largest absolute Gasteiger partial charge is 0.355 e. The zero-order chi connectivity index (χ0) is 7.28. The van der Waals surface area contributed by atoms with Gasteiger partial charge in [-0.3, -0.25) is 4.79 Å². The summed E-state index contributed by atoms with van der Waals surface area (Å²) in [6.07, 6.45) is 0. The van der Waals surface area contributed by atoms with Gasteiger partial charge in [0.25, 0.3) is 0 Å². The average Bonchev–Trinajstić information content (AvgIpc) is 1.82. The topological polar surface area (TPSA) is 29.1 Å². The lowest BCUT2D eigenvalue weighted by molar-refractivity contribution is -0.123. The molecule has 2 nitrogen and oxygen atoms in total. The molecule has 0 atom stereocenters. The minimum atomic E-state index is 0.0632. The van der Waals surface area contributed by atoms with E-state index in [9.17, 15) is 4.79 Å². The van der Waals surface area contributed by atoms with E-state index in [-0.39, 0.29) is 11.8 Å². The van der Waals surface area contributed by atoms with Gasteiger partial charge in [-0.25, -0.2) is 0 Å². The van der Waals surface area contributed by atoms with Gasteiger partial charge >= 0.3 is 0 Å². The quantitative estimate of drug-likeness (QED) is 0.596. The highest BCUT2D eigenvalue weighted by molar-refractivity contribution is 6.18. The minimum absolute atomic E-state index is 0.0632. The van der Waals surface area contributed by atoms with Crippen molar-refractivity contribution in [2.45, 2.75) is 13.8 Å². The Bertz CT molecular complexity index is 93.1. The second-order valence-electron chi connectivity index (χ2n) is 2.13. The van der Waals surface area contributed by atoms with Crippen LogP contribution >= 0.6 is 11.6 Å². The van der Waals surface area contributed by atoms with Crippen LogP contribution in [-0.2, 0) is 4.79 Å². The normalized spacial score (nSPS) is 9.78. The van der Waals surface area contributed by atoms with E-state index in [1.54, 1.807) is 0 Å². The molecule has 3 heteroatoms. The average molecular weight is 150 g/mol. The van der Waals surface area contributed by atoms with Gasteiger partial charge in [0.1, 0.15) is 0 Å². The third kappa shape index (κ3) is 4.28. The molecule has 0 fully saturated rings. The first-order chi connectivity index (χ1) is 4.18. The van der Waals surface area contributed by atoms with E-state index in [1.165, 1.54) is 0 Å². The fourth-order valence-electron chi connectivity index (χ4n) is 0.375. The lowest BCUT2D eigenvalue weighted by Gasteiger charge is -2.03. The highest BCUT2D eigenvalue weighted by Gasteiger charge is 2.03. The van der Waals surface area contributed by atoms with Crippen molar-refractivity contribution in [2.24, 2.45) is 5.92 Å². The highest BCUT2D eigenvalue weighted by Crippen LogP contribution is 1.89. The van der Waals surface area contributed by atoms with Gasteiger partial charge in [-0.15, -0.1) is 11.6 Å². The summed E-state index contributed by atoms with van der Waals surface area (Å²) in [4.78, 5) is 10.7. The molecule has 0 saturated heterocycles. The van der Waals surface area contributed by atoms with Crippen molar-refractivity contribution in [3.8, 4) is 0 Å². The van der Waals surface area contributed by atoms with Crippen LogP contribution in [0.2, 0.25) is 0 Å². The van der Waals surface area contributed by atoms with Gasteiger partial charge < -0.3 is 5.32 Å². The molecule has 0 unspecified atom stereocenters. The van der Waals surface area contributed by atoms with Gasteiger partial charge in [0.15, 0.2) is 0 Å². The molecule has 0 spiro atoms. The second-order valence-corrected chi connectivity index (χ2v) is 2.51. The van der Waals surface area contributed by atoms with Crippen molar-refractivity contribution in [1.29, 1.82) is 0 Å². The maximum atomic E-state index is 10.7. The Labute approximate surface area is 60.6 Å². The van der Waals surface area contributed by atoms with E-state index in [1.807, 2.05) is 13.8 Å². The number of carbonyl (C=O) groups excluding carboxylic acids is 1. The second kappa shape index (κ2) is 4.62. The Morgan fingerprint density at radius 2 is 2.22 bits per heavy atom. The molecular weight excluding hydrogens is 138 g/mol. The van der Waals surface area contributed by atoms with Crippen LogP contribution in [0.5, 0.6) is 0 Å². The molecule has 0 aliphatic carbocycles. The molecule has 0 bridgehead atoms. The standard InChI is InChI=1S/C6H12ClNO/c1-5(2)6(9)8-4-3-7/h5H,3-4H2,1-2H3,(H,8,9). The van der Waals surface area contributed by atoms with Crippen molar-refractivity contribution in [2.75, 3.05) is 12.4 Å². The van der Waals surface area contributed by atoms with Crippen molar-refractivity contribution in [3.05, 3.63) is 0 Å². The van der Waals surface area contributed by atoms with E-state index in [0.29, 0.717) is 12.4 Å². The highest BCUT2D eigenvalue weighted by atomic mass is 35.5. The Morgan fingerprint density at radius 3 is 2.56 bits per heavy atom. The SMILES string of the molecule is CC(C)C(=O)NCCCl. The van der Waals surface area contributed by atoms with Crippen LogP contribution in [0.1, 0.15) is 13.8 Å². The van der Waals surface area contributed by atoms with Crippen LogP contribution in [0, 0.1) is 5.92 Å². The summed E-state index contributed by atoms with van der Waals surface area (Å²) in [5, 5.41) is 2.66. The summed E-state index contributed by atoms with van der Waals surface area (Å²) in [7, 11) is 0. The minimum Gasteiger partial charge on any atom is -0.355 e. The number of hydrogen-bond acceptors (Lipinski definition) is 1. The third-order valence-corrected chi connectivity index (χ3v) is 1.11. The first kappa shape index (κ1) is 8.76. The maximum absolute atomic E-state index is 10.7. The predicted octanol–water partition coefficient (Wildman–Crippen LogP) is 0.997. The number of nitrogens with one attached hydrogen (secondary N) is 1. The predicted molar refractivity (Wildman–Crippen MR) is 38.6 cm³/mol. The first-order valence-electron chi connectivity index (χ1n) is 3.02. The summed E-state index contributed by atoms with van der Waals surface area (Å²) in [5.74, 6) is 0.613. The fourth-order valence-corrected chi connectivity index (χ4v) is 0.469. The Balaban J connectivity index is 3.28. The third-order valence-electron chi connectivity index (χ3n) is 0.918. The van der Waals surface area contributed by atoms with E-state index < -0.39 is 0 Å². The van der Waals surface area contributed by atoms with E-state index >= 15 is 0 Å². The van der Waals surface area contributed by atoms with Crippen LogP contribution in [0.25, 0.3) is 0 Å². The molecule has 0 radical (unpaired) electrons. The van der Waals surface area contributed by atoms with Crippen LogP contribution < -0.4 is 5.32 Å². The lowest BCUT2D eigenvalue weighted by atomic mass is 10.2. The van der Waals surface area contributed by atoms with Crippen LogP contribution in [-0.4, -0.2) is 18.3 Å². The van der Waals surface area contributed by atoms with Gasteiger partial charge in [0, 0.05) is 18.3 Å². The van der Waals surface area contributed by atoms with Crippen LogP contribution in [0.3, 0.4) is 0 Å². The molecule has 0 saturated carbocycles. The van der Waals surface area contributed by atoms with Crippen LogP contribution in [0.4, 0.5) is 0 Å². The molecule has 1 N–H and O–H groups in total. The summed E-state index contributed by atoms with van der Waals surface area (Å²) in [5.41, 5.74) is 0. The molecule has 0 aromatic heterocycles. The van der Waals surface area contributed by atoms with E-state index in [4.69, 9.17) is 11.6 Å². The maximum Gasteiger partial charge on any atom is 0.222 e. The van der Waals surface area contributed by atoms with E-state index in [0.717, 1.165) is 0 Å². The Morgan fingerprint density at radius 1 is 1.67 bits per heavy atom. The number of halogens is 1. The molecule has 54 valence electrons. The molecule has 0 rings (SSSR count). The summed E-state index contributed by atoms with van der Waals surface area (Å²) in [6, 6.07) is 0. The first-order valence-corrected chi connectivity index (χ1v) is 3.55. The number of rotatable bonds is 3. The molecule has 0 aliphatic rings. The monoisotopic (exact) mass is 149 g/mol. The lowest BCUT2D eigenvalue weighted by Crippen LogP contribution is -2.29. The van der Waals surface area contributed by atoms with Crippen molar-refractivity contribution in [3.63, 3.8) is 0 Å². The summed E-state index contributed by atoms with van der Waals surface area (Å²) < 4.78 is 0. The molecule has 9 heavy (non-hydrogen) atoms. The summed E-state index contributed by atoms with van der Waals surface area (Å²) >= 11 is 5.34. The zero-order valence-corrected chi connectivity index (χ0v) is 6.53. The van der Waals surface area contributed by atoms with Gasteiger partial charge in [-0.05, 0) is 0 Å². The van der Waals surface area contributed by atoms with Gasteiger partial charge in [0.05, 0.1) is 0 Å². The molecule has 0 aliphatic heterocycles. The molecule has 0 aromatic rings. The molecular formula is C6H12ClNO. The molecule has 1 amide bonds. The van der Waals surface area contributed by atoms with Gasteiger partial charge in [-0.1, -0.05) is 13.8 Å². The zero-order valence-electron chi connectivity index (χ0n) is 5.78. The number of hydrogen-bond donors (Lipinski definition) is 1. The smallest absolute Gasteiger partial charge is 0.222 e. The van der Waals surface area contributed by atoms with Crippen molar-refractivity contribution in [1.82, 2.24) is 5.32 Å². The molecule has 0 heterocycles. The Hall–Kier alpha value is -0.240. The number of amides is 1. The van der Waals surface area contributed by atoms with Gasteiger partial charge in [-0.2, -0.15) is 0 Å².